The average molecular weight is 409 g/mol. The molecule has 0 N–H and O–H groups in total. The summed E-state index contributed by atoms with van der Waals surface area (Å²) in [5.74, 6) is 1.23. The number of thiophene rings is 1. The molecule has 2 aliphatic heterocycles. The number of carbonyl (C=O) groups is 1. The molecule has 0 unspecified atom stereocenters. The van der Waals surface area contributed by atoms with Crippen LogP contribution in [0.2, 0.25) is 0 Å². The van der Waals surface area contributed by atoms with Gasteiger partial charge in [-0.2, -0.15) is 0 Å². The third-order valence-electron chi connectivity index (χ3n) is 5.83. The Morgan fingerprint density at radius 2 is 1.93 bits per heavy atom. The summed E-state index contributed by atoms with van der Waals surface area (Å²) >= 11 is 1.65. The van der Waals surface area contributed by atoms with Gasteiger partial charge in [0.2, 0.25) is 5.91 Å². The fraction of sp³-hybridized carbons (Fsp3) is 0.409. The largest absolute Gasteiger partial charge is 0.378 e. The number of aromatic nitrogens is 2. The molecule has 2 aliphatic rings. The normalized spacial score (nSPS) is 20.2. The maximum Gasteiger partial charge on any atom is 0.227 e. The Hall–Kier alpha value is -2.51. The summed E-state index contributed by atoms with van der Waals surface area (Å²) in [5.41, 5.74) is 2.34. The Labute approximate surface area is 174 Å². The van der Waals surface area contributed by atoms with Gasteiger partial charge in [0.05, 0.1) is 24.5 Å². The van der Waals surface area contributed by atoms with Crippen molar-refractivity contribution >= 4 is 33.3 Å². The smallest absolute Gasteiger partial charge is 0.227 e. The number of hydrogen-bond donors (Lipinski definition) is 0. The molecule has 0 saturated carbocycles. The standard InChI is InChI=1S/C22H24N4O2S/c27-22(25-9-11-28-12-10-25)17-7-4-8-26(13-17)20-19-18(16-5-2-1-3-6-16)14-29-21(19)24-15-23-20/h1-3,5-6,14-15,17H,4,7-13H2/t17-/m1/s1. The topological polar surface area (TPSA) is 58.6 Å². The SMILES string of the molecule is O=C([C@@H]1CCCN(c2ncnc3scc(-c4ccccc4)c23)C1)N1CCOCC1. The van der Waals surface area contributed by atoms with Gasteiger partial charge >= 0.3 is 0 Å². The first-order chi connectivity index (χ1) is 14.3. The Morgan fingerprint density at radius 1 is 1.10 bits per heavy atom. The van der Waals surface area contributed by atoms with E-state index in [4.69, 9.17) is 4.74 Å². The molecule has 3 aromatic rings. The Morgan fingerprint density at radius 3 is 2.76 bits per heavy atom. The highest BCUT2D eigenvalue weighted by Crippen LogP contribution is 2.38. The number of amides is 1. The Balaban J connectivity index is 1.46. The molecule has 5 rings (SSSR count). The van der Waals surface area contributed by atoms with E-state index in [0.29, 0.717) is 32.8 Å². The molecule has 1 amide bonds. The lowest BCUT2D eigenvalue weighted by atomic mass is 9.95. The van der Waals surface area contributed by atoms with Crippen LogP contribution in [0, 0.1) is 5.92 Å². The highest BCUT2D eigenvalue weighted by atomic mass is 32.1. The van der Waals surface area contributed by atoms with Gasteiger partial charge in [0.15, 0.2) is 0 Å². The molecule has 2 saturated heterocycles. The van der Waals surface area contributed by atoms with E-state index >= 15 is 0 Å². The van der Waals surface area contributed by atoms with Crippen LogP contribution < -0.4 is 4.90 Å². The quantitative estimate of drug-likeness (QED) is 0.665. The van der Waals surface area contributed by atoms with E-state index in [2.05, 4.69) is 44.5 Å². The molecule has 29 heavy (non-hydrogen) atoms. The van der Waals surface area contributed by atoms with E-state index in [1.54, 1.807) is 17.7 Å². The molecule has 7 heteroatoms. The van der Waals surface area contributed by atoms with Crippen LogP contribution >= 0.6 is 11.3 Å². The van der Waals surface area contributed by atoms with E-state index < -0.39 is 0 Å². The van der Waals surface area contributed by atoms with Crippen LogP contribution in [0.5, 0.6) is 0 Å². The second-order valence-corrected chi connectivity index (χ2v) is 8.47. The van der Waals surface area contributed by atoms with Crippen LogP contribution in [-0.2, 0) is 9.53 Å². The minimum Gasteiger partial charge on any atom is -0.378 e. The summed E-state index contributed by atoms with van der Waals surface area (Å²) < 4.78 is 5.40. The fourth-order valence-corrected chi connectivity index (χ4v) is 5.25. The molecule has 150 valence electrons. The predicted octanol–water partition coefficient (Wildman–Crippen LogP) is 3.43. The number of nitrogens with zero attached hydrogens (tertiary/aromatic N) is 4. The minimum atomic E-state index is 0.0191. The van der Waals surface area contributed by atoms with E-state index in [0.717, 1.165) is 35.4 Å². The Kier molecular flexibility index (Phi) is 5.16. The van der Waals surface area contributed by atoms with Crippen molar-refractivity contribution < 1.29 is 9.53 Å². The molecule has 2 fully saturated rings. The molecular formula is C22H24N4O2S. The lowest BCUT2D eigenvalue weighted by molar-refractivity contribution is -0.139. The predicted molar refractivity (Wildman–Crippen MR) is 115 cm³/mol. The number of rotatable bonds is 3. The van der Waals surface area contributed by atoms with Gasteiger partial charge in [0, 0.05) is 37.1 Å². The first-order valence-corrected chi connectivity index (χ1v) is 11.1. The van der Waals surface area contributed by atoms with Crippen LogP contribution in [0.25, 0.3) is 21.3 Å². The maximum absolute atomic E-state index is 13.0. The van der Waals surface area contributed by atoms with Gasteiger partial charge in [-0.25, -0.2) is 9.97 Å². The van der Waals surface area contributed by atoms with Crippen molar-refractivity contribution in [3.63, 3.8) is 0 Å². The molecule has 0 bridgehead atoms. The van der Waals surface area contributed by atoms with E-state index in [1.807, 2.05) is 11.0 Å². The zero-order chi connectivity index (χ0) is 19.6. The van der Waals surface area contributed by atoms with Crippen LogP contribution in [0.1, 0.15) is 12.8 Å². The monoisotopic (exact) mass is 408 g/mol. The number of benzene rings is 1. The second kappa shape index (κ2) is 8.08. The fourth-order valence-electron chi connectivity index (χ4n) is 4.34. The summed E-state index contributed by atoms with van der Waals surface area (Å²) in [6, 6.07) is 10.4. The number of morpholine rings is 1. The average Bonchev–Trinajstić information content (AvgIpc) is 3.24. The highest BCUT2D eigenvalue weighted by molar-refractivity contribution is 7.17. The van der Waals surface area contributed by atoms with E-state index in [9.17, 15) is 4.79 Å². The van der Waals surface area contributed by atoms with E-state index in [1.165, 1.54) is 11.1 Å². The van der Waals surface area contributed by atoms with E-state index in [-0.39, 0.29) is 11.8 Å². The number of carbonyl (C=O) groups excluding carboxylic acids is 1. The van der Waals surface area contributed by atoms with Gasteiger partial charge in [-0.15, -0.1) is 11.3 Å². The van der Waals surface area contributed by atoms with Crippen LogP contribution in [0.15, 0.2) is 42.0 Å². The van der Waals surface area contributed by atoms with Gasteiger partial charge in [0.1, 0.15) is 17.0 Å². The third-order valence-corrected chi connectivity index (χ3v) is 6.71. The van der Waals surface area contributed by atoms with Crippen molar-refractivity contribution in [3.8, 4) is 11.1 Å². The van der Waals surface area contributed by atoms with Gasteiger partial charge in [-0.1, -0.05) is 30.3 Å². The third kappa shape index (κ3) is 3.60. The van der Waals surface area contributed by atoms with Crippen LogP contribution in [0.4, 0.5) is 5.82 Å². The van der Waals surface area contributed by atoms with Crippen molar-refractivity contribution in [3.05, 3.63) is 42.0 Å². The minimum absolute atomic E-state index is 0.0191. The first kappa shape index (κ1) is 18.5. The summed E-state index contributed by atoms with van der Waals surface area (Å²) in [5, 5.41) is 3.27. The van der Waals surface area contributed by atoms with Crippen molar-refractivity contribution in [2.24, 2.45) is 5.92 Å². The number of hydrogen-bond acceptors (Lipinski definition) is 6. The number of anilines is 1. The van der Waals surface area contributed by atoms with Gasteiger partial charge < -0.3 is 14.5 Å². The molecule has 1 atom stereocenters. The molecule has 0 aliphatic carbocycles. The summed E-state index contributed by atoms with van der Waals surface area (Å²) in [4.78, 5) is 27.5. The number of ether oxygens (including phenoxy) is 1. The summed E-state index contributed by atoms with van der Waals surface area (Å²) in [6.45, 7) is 4.33. The van der Waals surface area contributed by atoms with Crippen molar-refractivity contribution in [1.82, 2.24) is 14.9 Å². The number of fused-ring (bicyclic) bond motifs is 1. The molecule has 4 heterocycles. The molecule has 1 aromatic carbocycles. The molecule has 0 spiro atoms. The Bertz CT molecular complexity index is 1000. The molecular weight excluding hydrogens is 384 g/mol. The first-order valence-electron chi connectivity index (χ1n) is 10.2. The molecule has 2 aromatic heterocycles. The zero-order valence-corrected chi connectivity index (χ0v) is 17.1. The van der Waals surface area contributed by atoms with Crippen molar-refractivity contribution in [2.45, 2.75) is 12.8 Å². The van der Waals surface area contributed by atoms with Gasteiger partial charge in [-0.05, 0) is 18.4 Å². The zero-order valence-electron chi connectivity index (χ0n) is 16.3. The molecule has 0 radical (unpaired) electrons. The second-order valence-electron chi connectivity index (χ2n) is 7.62. The number of piperidine rings is 1. The maximum atomic E-state index is 13.0. The molecule has 6 nitrogen and oxygen atoms in total. The van der Waals surface area contributed by atoms with Gasteiger partial charge in [0.25, 0.3) is 0 Å². The van der Waals surface area contributed by atoms with Crippen LogP contribution in [0.3, 0.4) is 0 Å². The summed E-state index contributed by atoms with van der Waals surface area (Å²) in [6.07, 6.45) is 3.59. The lowest BCUT2D eigenvalue weighted by Crippen LogP contribution is -2.48. The van der Waals surface area contributed by atoms with Crippen LogP contribution in [-0.4, -0.2) is 60.2 Å². The van der Waals surface area contributed by atoms with Crippen molar-refractivity contribution in [2.75, 3.05) is 44.3 Å². The van der Waals surface area contributed by atoms with Crippen molar-refractivity contribution in [1.29, 1.82) is 0 Å². The highest BCUT2D eigenvalue weighted by Gasteiger charge is 2.31. The lowest BCUT2D eigenvalue weighted by Gasteiger charge is -2.37. The summed E-state index contributed by atoms with van der Waals surface area (Å²) in [7, 11) is 0. The van der Waals surface area contributed by atoms with Gasteiger partial charge in [-0.3, -0.25) is 4.79 Å².